The van der Waals surface area contributed by atoms with Gasteiger partial charge in [-0.25, -0.2) is 14.4 Å². The summed E-state index contributed by atoms with van der Waals surface area (Å²) in [6, 6.07) is 10.1. The monoisotopic (exact) mass is 442 g/mol. The molecule has 0 saturated heterocycles. The Morgan fingerprint density at radius 2 is 1.59 bits per heavy atom. The van der Waals surface area contributed by atoms with Crippen molar-refractivity contribution in [3.63, 3.8) is 0 Å². The highest BCUT2D eigenvalue weighted by Gasteiger charge is 2.10. The molecular weight excluding hydrogens is 420 g/mol. The van der Waals surface area contributed by atoms with Gasteiger partial charge in [0.15, 0.2) is 6.73 Å². The fourth-order valence-corrected chi connectivity index (χ4v) is 2.35. The van der Waals surface area contributed by atoms with E-state index in [9.17, 15) is 14.4 Å². The number of carbonyl (C=O) groups excluding carboxylic acids is 3. The number of nitrogens with one attached hydrogen (secondary N) is 2. The molecule has 0 bridgehead atoms. The minimum Gasteiger partial charge on any atom is -0.446 e. The molecule has 32 heavy (non-hydrogen) atoms. The summed E-state index contributed by atoms with van der Waals surface area (Å²) in [5.41, 5.74) is 3.54. The molecule has 1 amide bonds. The van der Waals surface area contributed by atoms with Crippen LogP contribution in [0.4, 0.5) is 27.5 Å². The van der Waals surface area contributed by atoms with Crippen molar-refractivity contribution in [3.8, 4) is 0 Å². The molecule has 0 radical (unpaired) electrons. The fourth-order valence-electron chi connectivity index (χ4n) is 2.35. The van der Waals surface area contributed by atoms with Gasteiger partial charge in [-0.1, -0.05) is 17.2 Å². The summed E-state index contributed by atoms with van der Waals surface area (Å²) >= 11 is 0. The first-order chi connectivity index (χ1) is 15.4. The molecule has 0 aliphatic carbocycles. The number of aryl methyl sites for hydroxylation is 2. The van der Waals surface area contributed by atoms with Crippen molar-refractivity contribution >= 4 is 41.0 Å². The Balaban J connectivity index is 1.66. The summed E-state index contributed by atoms with van der Waals surface area (Å²) in [4.78, 5) is 49.7. The number of rotatable bonds is 11. The summed E-state index contributed by atoms with van der Waals surface area (Å²) in [5.74, 6) is 0. The summed E-state index contributed by atoms with van der Waals surface area (Å²) in [7, 11) is 0. The van der Waals surface area contributed by atoms with E-state index in [1.165, 1.54) is 18.2 Å². The van der Waals surface area contributed by atoms with Crippen LogP contribution in [0.3, 0.4) is 0 Å². The molecule has 2 aromatic carbocycles. The van der Waals surface area contributed by atoms with Gasteiger partial charge in [-0.2, -0.15) is 19.8 Å². The van der Waals surface area contributed by atoms with E-state index in [4.69, 9.17) is 14.5 Å². The lowest BCUT2D eigenvalue weighted by Gasteiger charge is -2.13. The number of hydrogen-bond acceptors (Lipinski definition) is 10. The van der Waals surface area contributed by atoms with E-state index in [1.54, 1.807) is 44.2 Å². The van der Waals surface area contributed by atoms with Gasteiger partial charge in [-0.3, -0.25) is 5.32 Å². The molecule has 0 saturated carbocycles. The molecule has 0 heterocycles. The largest absolute Gasteiger partial charge is 0.446 e. The third kappa shape index (κ3) is 8.11. The zero-order valence-electron chi connectivity index (χ0n) is 17.7. The normalized spacial score (nSPS) is 11.0. The quantitative estimate of drug-likeness (QED) is 0.132. The zero-order valence-corrected chi connectivity index (χ0v) is 17.7. The summed E-state index contributed by atoms with van der Waals surface area (Å²) < 4.78 is 5.04. The molecular formula is C21H22N4O7. The van der Waals surface area contributed by atoms with Crippen molar-refractivity contribution < 1.29 is 33.9 Å². The highest BCUT2D eigenvalue weighted by Crippen LogP contribution is 2.23. The molecule has 11 nitrogen and oxygen atoms in total. The van der Waals surface area contributed by atoms with Gasteiger partial charge < -0.3 is 10.1 Å². The van der Waals surface area contributed by atoms with Crippen molar-refractivity contribution in [2.24, 2.45) is 9.98 Å². The van der Waals surface area contributed by atoms with Gasteiger partial charge in [0.05, 0.1) is 11.4 Å². The summed E-state index contributed by atoms with van der Waals surface area (Å²) in [5, 5.41) is 10.0. The molecule has 0 aromatic heterocycles. The van der Waals surface area contributed by atoms with Crippen molar-refractivity contribution in [1.29, 1.82) is 0 Å². The number of carbonyl (C=O) groups is 1. The minimum atomic E-state index is -0.721. The van der Waals surface area contributed by atoms with E-state index in [2.05, 4.69) is 25.7 Å². The van der Waals surface area contributed by atoms with Crippen molar-refractivity contribution in [3.05, 3.63) is 47.5 Å². The number of benzene rings is 2. The van der Waals surface area contributed by atoms with E-state index >= 15 is 0 Å². The molecule has 0 fully saturated rings. The van der Waals surface area contributed by atoms with Crippen LogP contribution >= 0.6 is 0 Å². The molecule has 2 aromatic rings. The molecule has 0 aliphatic heterocycles. The van der Waals surface area contributed by atoms with E-state index in [-0.39, 0.29) is 13.3 Å². The van der Waals surface area contributed by atoms with Crippen LogP contribution < -0.4 is 10.6 Å². The average molecular weight is 442 g/mol. The Hall–Kier alpha value is -3.85. The van der Waals surface area contributed by atoms with Gasteiger partial charge >= 0.3 is 6.09 Å². The van der Waals surface area contributed by atoms with Gasteiger partial charge in [0.25, 0.3) is 0 Å². The smallest absolute Gasteiger partial charge is 0.411 e. The highest BCUT2D eigenvalue weighted by molar-refractivity contribution is 5.85. The molecule has 0 aliphatic rings. The number of amides is 1. The number of hydrogen-bond donors (Lipinski definition) is 2. The van der Waals surface area contributed by atoms with Crippen LogP contribution in [0.2, 0.25) is 0 Å². The van der Waals surface area contributed by atoms with E-state index in [0.29, 0.717) is 22.7 Å². The van der Waals surface area contributed by atoms with Crippen LogP contribution in [0.25, 0.3) is 0 Å². The second-order valence-corrected chi connectivity index (χ2v) is 6.55. The lowest BCUT2D eigenvalue weighted by molar-refractivity contribution is -0.523. The maximum atomic E-state index is 11.9. The maximum Gasteiger partial charge on any atom is 0.411 e. The SMILES string of the molecule is Cc1ccc(NCOOOC(C)COC(=O)Nc2ccc(C)c(N=C=O)c2)cc1N=C=O. The van der Waals surface area contributed by atoms with Gasteiger partial charge in [0, 0.05) is 11.4 Å². The van der Waals surface area contributed by atoms with Crippen LogP contribution in [0.1, 0.15) is 18.1 Å². The van der Waals surface area contributed by atoms with E-state index in [1.807, 2.05) is 6.92 Å². The predicted octanol–water partition coefficient (Wildman–Crippen LogP) is 4.12. The van der Waals surface area contributed by atoms with Crippen molar-refractivity contribution in [2.45, 2.75) is 26.9 Å². The minimum absolute atomic E-state index is 0.0552. The van der Waals surface area contributed by atoms with Gasteiger partial charge in [-0.15, -0.1) is 0 Å². The van der Waals surface area contributed by atoms with Crippen molar-refractivity contribution in [1.82, 2.24) is 0 Å². The molecule has 1 atom stereocenters. The first-order valence-electron chi connectivity index (χ1n) is 9.42. The maximum absolute atomic E-state index is 11.9. The second kappa shape index (κ2) is 12.8. The number of anilines is 2. The van der Waals surface area contributed by atoms with Crippen LogP contribution in [-0.2, 0) is 29.1 Å². The molecule has 168 valence electrons. The molecule has 11 heteroatoms. The number of aliphatic imine (C=N–C) groups is 2. The van der Waals surface area contributed by atoms with Gasteiger partial charge in [0.1, 0.15) is 12.7 Å². The van der Waals surface area contributed by atoms with Crippen LogP contribution in [0, 0.1) is 13.8 Å². The summed E-state index contributed by atoms with van der Waals surface area (Å²) in [6.07, 6.45) is 1.61. The molecule has 1 unspecified atom stereocenters. The first kappa shape index (κ1) is 24.4. The standard InChI is InChI=1S/C21H22N4O7/c1-14-4-6-17(8-19(14)22-11-26)24-13-30-32-31-16(3)10-29-21(28)25-18-7-5-15(2)20(9-18)23-12-27/h4-9,16,24H,10,13H2,1-3H3,(H,25,28). The Morgan fingerprint density at radius 3 is 2.22 bits per heavy atom. The lowest BCUT2D eigenvalue weighted by atomic mass is 10.2. The lowest BCUT2D eigenvalue weighted by Crippen LogP contribution is -2.22. The molecule has 2 rings (SSSR count). The van der Waals surface area contributed by atoms with Gasteiger partial charge in [0.2, 0.25) is 12.2 Å². The average Bonchev–Trinajstić information content (AvgIpc) is 2.77. The van der Waals surface area contributed by atoms with E-state index in [0.717, 1.165) is 11.1 Å². The molecule has 2 N–H and O–H groups in total. The van der Waals surface area contributed by atoms with Gasteiger partial charge in [-0.05, 0) is 56.2 Å². The predicted molar refractivity (Wildman–Crippen MR) is 114 cm³/mol. The van der Waals surface area contributed by atoms with Crippen LogP contribution in [0.5, 0.6) is 0 Å². The Bertz CT molecular complexity index is 1030. The zero-order chi connectivity index (χ0) is 23.3. The summed E-state index contributed by atoms with van der Waals surface area (Å²) in [6.45, 7) is 5.03. The third-order valence-corrected chi connectivity index (χ3v) is 4.03. The topological polar surface area (TPSA) is 137 Å². The second-order valence-electron chi connectivity index (χ2n) is 6.55. The van der Waals surface area contributed by atoms with Crippen LogP contribution in [-0.4, -0.2) is 37.7 Å². The Kier molecular flexibility index (Phi) is 9.73. The Labute approximate surface area is 183 Å². The first-order valence-corrected chi connectivity index (χ1v) is 9.42. The number of ether oxygens (including phenoxy) is 1. The third-order valence-electron chi connectivity index (χ3n) is 4.03. The van der Waals surface area contributed by atoms with Crippen molar-refractivity contribution in [2.75, 3.05) is 24.0 Å². The van der Waals surface area contributed by atoms with Crippen LogP contribution in [0.15, 0.2) is 46.4 Å². The molecule has 0 spiro atoms. The van der Waals surface area contributed by atoms with E-state index < -0.39 is 12.2 Å². The highest BCUT2D eigenvalue weighted by atomic mass is 17.5. The number of isocyanates is 2. The fraction of sp³-hybridized carbons (Fsp3) is 0.286. The Morgan fingerprint density at radius 1 is 1.00 bits per heavy atom. The number of nitrogens with zero attached hydrogens (tertiary/aromatic N) is 2.